The molecule has 3 aromatic carbocycles. The van der Waals surface area contributed by atoms with Crippen molar-refractivity contribution >= 4 is 56.9 Å². The molecule has 7 heteroatoms. The number of nitrogens with zero attached hydrogens (tertiary/aromatic N) is 2. The molecule has 5 nitrogen and oxygen atoms in total. The Balaban J connectivity index is 1.62. The first-order chi connectivity index (χ1) is 14.5. The zero-order valence-corrected chi connectivity index (χ0v) is 17.6. The highest BCUT2D eigenvalue weighted by atomic mass is 35.5. The first kappa shape index (κ1) is 20.1. The van der Waals surface area contributed by atoms with Crippen molar-refractivity contribution in [3.8, 4) is 11.1 Å². The number of carboxylic acid groups (broad SMARTS) is 1. The van der Waals surface area contributed by atoms with Crippen LogP contribution in [0.1, 0.15) is 12.5 Å². The number of benzene rings is 3. The standard InChI is InChI=1S/C23H18ClN3O2S/c1-14(23(28)29)25-13-15-10-11-18-20(12-15)30-27-22(18)26-19-9-5-8-17(21(19)24)16-6-3-2-4-7-16/h2-14H,1H3,(H,26,27)(H,28,29). The summed E-state index contributed by atoms with van der Waals surface area (Å²) >= 11 is 8.04. The van der Waals surface area contributed by atoms with Gasteiger partial charge < -0.3 is 10.4 Å². The van der Waals surface area contributed by atoms with Gasteiger partial charge in [-0.25, -0.2) is 4.79 Å². The van der Waals surface area contributed by atoms with Gasteiger partial charge in [0.15, 0.2) is 5.82 Å². The predicted molar refractivity (Wildman–Crippen MR) is 124 cm³/mol. The fourth-order valence-electron chi connectivity index (χ4n) is 2.98. The normalized spacial score (nSPS) is 12.3. The summed E-state index contributed by atoms with van der Waals surface area (Å²) in [6.45, 7) is 1.54. The van der Waals surface area contributed by atoms with Crippen LogP contribution in [0.15, 0.2) is 71.7 Å². The molecule has 1 heterocycles. The van der Waals surface area contributed by atoms with E-state index < -0.39 is 12.0 Å². The second-order valence-corrected chi connectivity index (χ2v) is 7.92. The van der Waals surface area contributed by atoms with E-state index >= 15 is 0 Å². The summed E-state index contributed by atoms with van der Waals surface area (Å²) in [5, 5.41) is 13.9. The molecule has 1 unspecified atom stereocenters. The van der Waals surface area contributed by atoms with E-state index in [0.29, 0.717) is 5.02 Å². The van der Waals surface area contributed by atoms with E-state index in [1.807, 2.05) is 66.7 Å². The second kappa shape index (κ2) is 8.65. The molecule has 0 spiro atoms. The summed E-state index contributed by atoms with van der Waals surface area (Å²) in [6.07, 6.45) is 1.57. The van der Waals surface area contributed by atoms with Gasteiger partial charge in [-0.2, -0.15) is 4.37 Å². The van der Waals surface area contributed by atoms with Crippen LogP contribution in [0, 0.1) is 0 Å². The highest BCUT2D eigenvalue weighted by Crippen LogP contribution is 2.37. The van der Waals surface area contributed by atoms with Crippen LogP contribution in [0.2, 0.25) is 5.02 Å². The number of anilines is 2. The number of hydrogen-bond acceptors (Lipinski definition) is 5. The molecule has 0 radical (unpaired) electrons. The van der Waals surface area contributed by atoms with Gasteiger partial charge in [0.05, 0.1) is 15.4 Å². The maximum absolute atomic E-state index is 10.9. The average Bonchev–Trinajstić information content (AvgIpc) is 3.16. The maximum atomic E-state index is 10.9. The smallest absolute Gasteiger partial charge is 0.328 e. The Labute approximate surface area is 182 Å². The molecule has 150 valence electrons. The van der Waals surface area contributed by atoms with Gasteiger partial charge in [0, 0.05) is 17.2 Å². The number of carbonyl (C=O) groups is 1. The monoisotopic (exact) mass is 435 g/mol. The fraction of sp³-hybridized carbons (Fsp3) is 0.0870. The molecule has 4 aromatic rings. The zero-order valence-electron chi connectivity index (χ0n) is 16.0. The zero-order chi connectivity index (χ0) is 21.1. The summed E-state index contributed by atoms with van der Waals surface area (Å²) in [4.78, 5) is 15.0. The Kier molecular flexibility index (Phi) is 5.79. The molecule has 0 bridgehead atoms. The van der Waals surface area contributed by atoms with Gasteiger partial charge in [0.2, 0.25) is 0 Å². The Morgan fingerprint density at radius 2 is 1.97 bits per heavy atom. The van der Waals surface area contributed by atoms with Crippen molar-refractivity contribution in [3.63, 3.8) is 0 Å². The molecule has 4 rings (SSSR count). The van der Waals surface area contributed by atoms with E-state index in [4.69, 9.17) is 16.7 Å². The van der Waals surface area contributed by atoms with Crippen LogP contribution < -0.4 is 5.32 Å². The number of hydrogen-bond donors (Lipinski definition) is 2. The summed E-state index contributed by atoms with van der Waals surface area (Å²) in [5.74, 6) is -0.226. The Morgan fingerprint density at radius 3 is 2.73 bits per heavy atom. The summed E-state index contributed by atoms with van der Waals surface area (Å²) in [6, 6.07) is 20.9. The van der Waals surface area contributed by atoms with Crippen LogP contribution in [0.4, 0.5) is 11.5 Å². The first-order valence-electron chi connectivity index (χ1n) is 9.29. The third-order valence-corrected chi connectivity index (χ3v) is 5.85. The molecule has 0 aliphatic heterocycles. The SMILES string of the molecule is CC(N=Cc1ccc2c(Nc3cccc(-c4ccccc4)c3Cl)nsc2c1)C(=O)O. The number of nitrogens with one attached hydrogen (secondary N) is 1. The van der Waals surface area contributed by atoms with Crippen LogP contribution in [-0.4, -0.2) is 27.7 Å². The molecule has 0 saturated heterocycles. The Morgan fingerprint density at radius 1 is 1.17 bits per heavy atom. The number of rotatable bonds is 6. The molecule has 0 fully saturated rings. The van der Waals surface area contributed by atoms with Gasteiger partial charge in [-0.05, 0) is 47.8 Å². The van der Waals surface area contributed by atoms with E-state index in [0.717, 1.165) is 38.3 Å². The third-order valence-electron chi connectivity index (χ3n) is 4.64. The average molecular weight is 436 g/mol. The number of aliphatic imine (C=N–C) groups is 1. The van der Waals surface area contributed by atoms with E-state index in [2.05, 4.69) is 14.7 Å². The lowest BCUT2D eigenvalue weighted by molar-refractivity contribution is -0.137. The lowest BCUT2D eigenvalue weighted by atomic mass is 10.0. The molecule has 0 aliphatic rings. The number of aliphatic carboxylic acids is 1. The highest BCUT2D eigenvalue weighted by molar-refractivity contribution is 7.13. The number of fused-ring (bicyclic) bond motifs is 1. The van der Waals surface area contributed by atoms with Crippen molar-refractivity contribution in [1.82, 2.24) is 4.37 Å². The molecule has 2 N–H and O–H groups in total. The lowest BCUT2D eigenvalue weighted by Gasteiger charge is -2.11. The molecule has 0 saturated carbocycles. The minimum Gasteiger partial charge on any atom is -0.480 e. The van der Waals surface area contributed by atoms with E-state index in [-0.39, 0.29) is 0 Å². The maximum Gasteiger partial charge on any atom is 0.328 e. The molecule has 0 amide bonds. The molecular formula is C23H18ClN3O2S. The quantitative estimate of drug-likeness (QED) is 0.351. The molecule has 0 aliphatic carbocycles. The summed E-state index contributed by atoms with van der Waals surface area (Å²) in [7, 11) is 0. The van der Waals surface area contributed by atoms with Gasteiger partial charge in [-0.1, -0.05) is 60.1 Å². The highest BCUT2D eigenvalue weighted by Gasteiger charge is 2.12. The molecular weight excluding hydrogens is 418 g/mol. The van der Waals surface area contributed by atoms with Crippen LogP contribution in [0.25, 0.3) is 21.2 Å². The Hall–Kier alpha value is -3.22. The van der Waals surface area contributed by atoms with E-state index in [9.17, 15) is 4.79 Å². The fourth-order valence-corrected chi connectivity index (χ4v) is 4.05. The predicted octanol–water partition coefficient (Wildman–Crippen LogP) is 6.25. The molecule has 1 aromatic heterocycles. The van der Waals surface area contributed by atoms with E-state index in [1.165, 1.54) is 11.5 Å². The summed E-state index contributed by atoms with van der Waals surface area (Å²) < 4.78 is 5.50. The summed E-state index contributed by atoms with van der Waals surface area (Å²) in [5.41, 5.74) is 3.61. The minimum absolute atomic E-state index is 0.635. The van der Waals surface area contributed by atoms with Gasteiger partial charge in [-0.3, -0.25) is 4.99 Å². The number of halogens is 1. The second-order valence-electron chi connectivity index (χ2n) is 6.74. The largest absolute Gasteiger partial charge is 0.480 e. The Bertz CT molecular complexity index is 1240. The number of aromatic nitrogens is 1. The van der Waals surface area contributed by atoms with Crippen molar-refractivity contribution < 1.29 is 9.90 Å². The van der Waals surface area contributed by atoms with Crippen LogP contribution in [0.5, 0.6) is 0 Å². The number of carboxylic acids is 1. The minimum atomic E-state index is -0.953. The van der Waals surface area contributed by atoms with Crippen LogP contribution >= 0.6 is 23.1 Å². The van der Waals surface area contributed by atoms with E-state index in [1.54, 1.807) is 13.1 Å². The van der Waals surface area contributed by atoms with Crippen molar-refractivity contribution in [2.24, 2.45) is 4.99 Å². The van der Waals surface area contributed by atoms with Crippen molar-refractivity contribution in [1.29, 1.82) is 0 Å². The van der Waals surface area contributed by atoms with Crippen LogP contribution in [0.3, 0.4) is 0 Å². The van der Waals surface area contributed by atoms with Crippen LogP contribution in [-0.2, 0) is 4.79 Å². The van der Waals surface area contributed by atoms with Gasteiger partial charge in [-0.15, -0.1) is 0 Å². The molecule has 1 atom stereocenters. The van der Waals surface area contributed by atoms with Gasteiger partial charge >= 0.3 is 5.97 Å². The lowest BCUT2D eigenvalue weighted by Crippen LogP contribution is -2.13. The molecule has 30 heavy (non-hydrogen) atoms. The first-order valence-corrected chi connectivity index (χ1v) is 10.4. The van der Waals surface area contributed by atoms with Crippen molar-refractivity contribution in [2.45, 2.75) is 13.0 Å². The van der Waals surface area contributed by atoms with Gasteiger partial charge in [0.1, 0.15) is 6.04 Å². The van der Waals surface area contributed by atoms with Crippen molar-refractivity contribution in [3.05, 3.63) is 77.3 Å². The van der Waals surface area contributed by atoms with Crippen molar-refractivity contribution in [2.75, 3.05) is 5.32 Å². The topological polar surface area (TPSA) is 74.6 Å². The third kappa shape index (κ3) is 4.20. The van der Waals surface area contributed by atoms with Gasteiger partial charge in [0.25, 0.3) is 0 Å².